The van der Waals surface area contributed by atoms with E-state index in [1.807, 2.05) is 73.7 Å². The van der Waals surface area contributed by atoms with Gasteiger partial charge in [-0.2, -0.15) is 4.68 Å². The summed E-state index contributed by atoms with van der Waals surface area (Å²) in [6.45, 7) is 2.78. The van der Waals surface area contributed by atoms with E-state index in [9.17, 15) is 4.79 Å². The lowest BCUT2D eigenvalue weighted by Crippen LogP contribution is -2.26. The van der Waals surface area contributed by atoms with Crippen LogP contribution in [0.3, 0.4) is 0 Å². The molecule has 0 saturated heterocycles. The van der Waals surface area contributed by atoms with Crippen molar-refractivity contribution in [3.05, 3.63) is 90.3 Å². The van der Waals surface area contributed by atoms with E-state index in [2.05, 4.69) is 33.0 Å². The SMILES string of the molecule is CCOc1ccc(-n2nnnc2CNC(=O)Cc2ccc(-c3ccccc3)cc2)cc1. The molecule has 0 radical (unpaired) electrons. The maximum Gasteiger partial charge on any atom is 0.224 e. The molecule has 0 aliphatic rings. The number of rotatable bonds is 8. The fraction of sp³-hybridized carbons (Fsp3) is 0.167. The van der Waals surface area contributed by atoms with Crippen LogP contribution in [0.1, 0.15) is 18.3 Å². The van der Waals surface area contributed by atoms with Crippen LogP contribution < -0.4 is 10.1 Å². The van der Waals surface area contributed by atoms with Crippen LogP contribution in [0.5, 0.6) is 5.75 Å². The van der Waals surface area contributed by atoms with E-state index in [1.165, 1.54) is 0 Å². The van der Waals surface area contributed by atoms with Gasteiger partial charge in [-0.05, 0) is 58.3 Å². The molecule has 0 aliphatic heterocycles. The van der Waals surface area contributed by atoms with E-state index < -0.39 is 0 Å². The van der Waals surface area contributed by atoms with Crippen molar-refractivity contribution >= 4 is 5.91 Å². The van der Waals surface area contributed by atoms with E-state index in [-0.39, 0.29) is 12.5 Å². The number of nitrogens with one attached hydrogen (secondary N) is 1. The van der Waals surface area contributed by atoms with Gasteiger partial charge in [-0.15, -0.1) is 5.10 Å². The number of hydrogen-bond acceptors (Lipinski definition) is 5. The van der Waals surface area contributed by atoms with Crippen LogP contribution in [0.2, 0.25) is 0 Å². The fourth-order valence-electron chi connectivity index (χ4n) is 3.24. The van der Waals surface area contributed by atoms with Crippen molar-refractivity contribution in [2.45, 2.75) is 19.9 Å². The van der Waals surface area contributed by atoms with Crippen molar-refractivity contribution in [2.24, 2.45) is 0 Å². The summed E-state index contributed by atoms with van der Waals surface area (Å²) >= 11 is 0. The Morgan fingerprint density at radius 1 is 0.935 bits per heavy atom. The second-order valence-electron chi connectivity index (χ2n) is 6.95. The summed E-state index contributed by atoms with van der Waals surface area (Å²) in [5, 5.41) is 14.7. The lowest BCUT2D eigenvalue weighted by Gasteiger charge is -2.08. The quantitative estimate of drug-likeness (QED) is 0.477. The number of amides is 1. The molecular weight excluding hydrogens is 390 g/mol. The lowest BCUT2D eigenvalue weighted by molar-refractivity contribution is -0.120. The minimum Gasteiger partial charge on any atom is -0.494 e. The molecule has 1 N–H and O–H groups in total. The number of aromatic nitrogens is 4. The molecule has 3 aromatic carbocycles. The molecular formula is C24H23N5O2. The predicted octanol–water partition coefficient (Wildman–Crippen LogP) is 3.59. The van der Waals surface area contributed by atoms with Crippen LogP contribution in [0.25, 0.3) is 16.8 Å². The second-order valence-corrected chi connectivity index (χ2v) is 6.95. The van der Waals surface area contributed by atoms with E-state index >= 15 is 0 Å². The van der Waals surface area contributed by atoms with E-state index in [1.54, 1.807) is 4.68 Å². The highest BCUT2D eigenvalue weighted by molar-refractivity contribution is 5.78. The number of tetrazole rings is 1. The minimum absolute atomic E-state index is 0.0892. The lowest BCUT2D eigenvalue weighted by atomic mass is 10.0. The third-order valence-corrected chi connectivity index (χ3v) is 4.80. The van der Waals surface area contributed by atoms with Crippen LogP contribution in [-0.4, -0.2) is 32.7 Å². The van der Waals surface area contributed by atoms with Gasteiger partial charge < -0.3 is 10.1 Å². The molecule has 0 saturated carbocycles. The zero-order chi connectivity index (χ0) is 21.5. The Bertz CT molecular complexity index is 1120. The molecule has 0 bridgehead atoms. The van der Waals surface area contributed by atoms with Gasteiger partial charge in [0, 0.05) is 0 Å². The molecule has 31 heavy (non-hydrogen) atoms. The van der Waals surface area contributed by atoms with Crippen molar-refractivity contribution in [1.82, 2.24) is 25.5 Å². The number of hydrogen-bond donors (Lipinski definition) is 1. The van der Waals surface area contributed by atoms with Gasteiger partial charge in [0.2, 0.25) is 5.91 Å². The average Bonchev–Trinajstić information content (AvgIpc) is 3.28. The standard InChI is InChI=1S/C24H23N5O2/c1-2-31-22-14-12-21(13-15-22)29-23(26-27-28-29)17-25-24(30)16-18-8-10-20(11-9-18)19-6-4-3-5-7-19/h3-15H,2,16-17H2,1H3,(H,25,30). The average molecular weight is 413 g/mol. The molecule has 4 aromatic rings. The summed E-state index contributed by atoms with van der Waals surface area (Å²) in [6, 6.07) is 25.6. The fourth-order valence-corrected chi connectivity index (χ4v) is 3.24. The van der Waals surface area contributed by atoms with Gasteiger partial charge in [0.25, 0.3) is 0 Å². The number of nitrogens with zero attached hydrogens (tertiary/aromatic N) is 4. The molecule has 0 atom stereocenters. The van der Waals surface area contributed by atoms with Gasteiger partial charge in [-0.1, -0.05) is 54.6 Å². The van der Waals surface area contributed by atoms with Gasteiger partial charge >= 0.3 is 0 Å². The summed E-state index contributed by atoms with van der Waals surface area (Å²) in [5.74, 6) is 1.25. The first-order chi connectivity index (χ1) is 15.2. The second kappa shape index (κ2) is 9.67. The van der Waals surface area contributed by atoms with Crippen LogP contribution >= 0.6 is 0 Å². The first kappa shape index (κ1) is 20.3. The third-order valence-electron chi connectivity index (χ3n) is 4.80. The molecule has 7 heteroatoms. The summed E-state index contributed by atoms with van der Waals surface area (Å²) < 4.78 is 7.06. The largest absolute Gasteiger partial charge is 0.494 e. The Kier molecular flexibility index (Phi) is 6.32. The van der Waals surface area contributed by atoms with Crippen molar-refractivity contribution in [3.8, 4) is 22.6 Å². The van der Waals surface area contributed by atoms with E-state index in [0.29, 0.717) is 18.9 Å². The van der Waals surface area contributed by atoms with Gasteiger partial charge in [0.1, 0.15) is 5.75 Å². The molecule has 0 unspecified atom stereocenters. The van der Waals surface area contributed by atoms with E-state index in [4.69, 9.17) is 4.74 Å². The molecule has 7 nitrogen and oxygen atoms in total. The van der Waals surface area contributed by atoms with Crippen molar-refractivity contribution in [1.29, 1.82) is 0 Å². The van der Waals surface area contributed by atoms with Crippen LogP contribution in [-0.2, 0) is 17.8 Å². The Morgan fingerprint density at radius 3 is 2.35 bits per heavy atom. The Labute approximate surface area is 180 Å². The van der Waals surface area contributed by atoms with Crippen molar-refractivity contribution < 1.29 is 9.53 Å². The van der Waals surface area contributed by atoms with Crippen molar-refractivity contribution in [2.75, 3.05) is 6.61 Å². The Balaban J connectivity index is 1.35. The molecule has 0 spiro atoms. The highest BCUT2D eigenvalue weighted by Crippen LogP contribution is 2.19. The summed E-state index contributed by atoms with van der Waals surface area (Å²) in [4.78, 5) is 12.4. The molecule has 0 fully saturated rings. The highest BCUT2D eigenvalue weighted by Gasteiger charge is 2.11. The maximum atomic E-state index is 12.4. The van der Waals surface area contributed by atoms with Crippen molar-refractivity contribution in [3.63, 3.8) is 0 Å². The topological polar surface area (TPSA) is 81.9 Å². The molecule has 1 heterocycles. The summed E-state index contributed by atoms with van der Waals surface area (Å²) in [7, 11) is 0. The molecule has 1 aromatic heterocycles. The monoisotopic (exact) mass is 413 g/mol. The molecule has 0 aliphatic carbocycles. The van der Waals surface area contributed by atoms with Gasteiger partial charge in [0.05, 0.1) is 25.3 Å². The maximum absolute atomic E-state index is 12.4. The van der Waals surface area contributed by atoms with Crippen LogP contribution in [0.15, 0.2) is 78.9 Å². The smallest absolute Gasteiger partial charge is 0.224 e. The number of carbonyl (C=O) groups excluding carboxylic acids is 1. The molecule has 4 rings (SSSR count). The Hall–Kier alpha value is -4.00. The van der Waals surface area contributed by atoms with Crippen LogP contribution in [0.4, 0.5) is 0 Å². The van der Waals surface area contributed by atoms with Crippen LogP contribution in [0, 0.1) is 0 Å². The van der Waals surface area contributed by atoms with Gasteiger partial charge in [-0.25, -0.2) is 0 Å². The first-order valence-corrected chi connectivity index (χ1v) is 10.1. The molecule has 156 valence electrons. The van der Waals surface area contributed by atoms with Gasteiger partial charge in [-0.3, -0.25) is 4.79 Å². The number of carbonyl (C=O) groups is 1. The van der Waals surface area contributed by atoms with Gasteiger partial charge in [0.15, 0.2) is 5.82 Å². The third kappa shape index (κ3) is 5.14. The number of ether oxygens (including phenoxy) is 1. The molecule has 1 amide bonds. The Morgan fingerprint density at radius 2 is 1.65 bits per heavy atom. The number of benzene rings is 3. The normalized spacial score (nSPS) is 10.6. The summed E-state index contributed by atoms with van der Waals surface area (Å²) in [6.07, 6.45) is 0.291. The first-order valence-electron chi connectivity index (χ1n) is 10.1. The predicted molar refractivity (Wildman–Crippen MR) is 118 cm³/mol. The highest BCUT2D eigenvalue weighted by atomic mass is 16.5. The zero-order valence-electron chi connectivity index (χ0n) is 17.2. The summed E-state index contributed by atoms with van der Waals surface area (Å²) in [5.41, 5.74) is 4.02. The zero-order valence-corrected chi connectivity index (χ0v) is 17.2. The van der Waals surface area contributed by atoms with E-state index in [0.717, 1.165) is 28.1 Å². The minimum atomic E-state index is -0.0892.